The number of hydrogen-bond donors (Lipinski definition) is 1. The number of halogens is 2. The van der Waals surface area contributed by atoms with Crippen molar-refractivity contribution in [3.8, 4) is 0 Å². The lowest BCUT2D eigenvalue weighted by atomic mass is 9.94. The molecule has 0 aliphatic rings. The highest BCUT2D eigenvalue weighted by molar-refractivity contribution is 9.09. The van der Waals surface area contributed by atoms with E-state index in [1.165, 1.54) is 0 Å². The van der Waals surface area contributed by atoms with Crippen LogP contribution in [0.5, 0.6) is 0 Å². The molecule has 5 heteroatoms. The van der Waals surface area contributed by atoms with Crippen LogP contribution < -0.4 is 5.32 Å². The molecule has 0 spiro atoms. The van der Waals surface area contributed by atoms with E-state index in [0.717, 1.165) is 5.56 Å². The molecule has 2 aromatic rings. The quantitative estimate of drug-likeness (QED) is 0.854. The zero-order valence-electron chi connectivity index (χ0n) is 10.3. The summed E-state index contributed by atoms with van der Waals surface area (Å²) >= 11 is 9.11. The first-order valence-electron chi connectivity index (χ1n) is 5.74. The highest BCUT2D eigenvalue weighted by atomic mass is 79.9. The largest absolute Gasteiger partial charge is 0.440 e. The average molecular weight is 343 g/mol. The van der Waals surface area contributed by atoms with Gasteiger partial charge in [0.25, 0.3) is 5.91 Å². The first kappa shape index (κ1) is 14.2. The third-order valence-corrected chi connectivity index (χ3v) is 4.19. The number of hydrogen-bond acceptors (Lipinski definition) is 2. The lowest BCUT2D eigenvalue weighted by Crippen LogP contribution is -2.44. The van der Waals surface area contributed by atoms with Crippen LogP contribution in [0.1, 0.15) is 23.0 Å². The maximum atomic E-state index is 12.1. The maximum Gasteiger partial charge on any atom is 0.287 e. The van der Waals surface area contributed by atoms with Crippen molar-refractivity contribution in [3.63, 3.8) is 0 Å². The van der Waals surface area contributed by atoms with Crippen molar-refractivity contribution in [2.45, 2.75) is 12.5 Å². The minimum Gasteiger partial charge on any atom is -0.440 e. The Kier molecular flexibility index (Phi) is 4.32. The average Bonchev–Trinajstić information content (AvgIpc) is 2.86. The van der Waals surface area contributed by atoms with Crippen LogP contribution in [-0.4, -0.2) is 11.2 Å². The second-order valence-corrected chi connectivity index (χ2v) is 5.32. The molecule has 0 bridgehead atoms. The summed E-state index contributed by atoms with van der Waals surface area (Å²) < 4.78 is 5.11. The van der Waals surface area contributed by atoms with E-state index >= 15 is 0 Å². The molecule has 0 fully saturated rings. The van der Waals surface area contributed by atoms with Gasteiger partial charge in [0.05, 0.1) is 5.54 Å². The highest BCUT2D eigenvalue weighted by Gasteiger charge is 2.28. The summed E-state index contributed by atoms with van der Waals surface area (Å²) in [5, 5.41) is 3.74. The van der Waals surface area contributed by atoms with Crippen LogP contribution in [0.15, 0.2) is 46.9 Å². The molecule has 1 aromatic heterocycles. The summed E-state index contributed by atoms with van der Waals surface area (Å²) in [5.74, 6) is -0.0918. The topological polar surface area (TPSA) is 42.2 Å². The number of benzene rings is 1. The van der Waals surface area contributed by atoms with Crippen LogP contribution in [0.2, 0.25) is 5.22 Å². The summed E-state index contributed by atoms with van der Waals surface area (Å²) in [4.78, 5) is 12.1. The third kappa shape index (κ3) is 3.19. The monoisotopic (exact) mass is 341 g/mol. The second kappa shape index (κ2) is 5.80. The SMILES string of the molecule is CC(CBr)(NC(=O)c1ccc(Cl)o1)c1ccccc1. The molecule has 1 unspecified atom stereocenters. The lowest BCUT2D eigenvalue weighted by molar-refractivity contribution is 0.0885. The van der Waals surface area contributed by atoms with Crippen LogP contribution in [0.3, 0.4) is 0 Å². The van der Waals surface area contributed by atoms with E-state index in [9.17, 15) is 4.79 Å². The Bertz CT molecular complexity index is 570. The van der Waals surface area contributed by atoms with Crippen LogP contribution in [0.25, 0.3) is 0 Å². The molecule has 3 nitrogen and oxygen atoms in total. The van der Waals surface area contributed by atoms with E-state index in [4.69, 9.17) is 16.0 Å². The maximum absolute atomic E-state index is 12.1. The van der Waals surface area contributed by atoms with Crippen LogP contribution in [0.4, 0.5) is 0 Å². The first-order valence-corrected chi connectivity index (χ1v) is 7.24. The van der Waals surface area contributed by atoms with Gasteiger partial charge in [0.1, 0.15) is 0 Å². The Morgan fingerprint density at radius 3 is 2.53 bits per heavy atom. The number of nitrogens with one attached hydrogen (secondary N) is 1. The molecule has 1 amide bonds. The van der Waals surface area contributed by atoms with E-state index in [1.807, 2.05) is 37.3 Å². The lowest BCUT2D eigenvalue weighted by Gasteiger charge is -2.29. The fraction of sp³-hybridized carbons (Fsp3) is 0.214. The van der Waals surface area contributed by atoms with Gasteiger partial charge in [-0.15, -0.1) is 0 Å². The van der Waals surface area contributed by atoms with Gasteiger partial charge in [-0.3, -0.25) is 4.79 Å². The Hall–Kier alpha value is -1.26. The Balaban J connectivity index is 2.22. The number of carbonyl (C=O) groups excluding carboxylic acids is 1. The molecule has 1 heterocycles. The van der Waals surface area contributed by atoms with Crippen molar-refractivity contribution >= 4 is 33.4 Å². The summed E-state index contributed by atoms with van der Waals surface area (Å²) in [6.45, 7) is 1.94. The van der Waals surface area contributed by atoms with Gasteiger partial charge in [0, 0.05) is 5.33 Å². The molecule has 0 saturated carbocycles. The molecule has 1 atom stereocenters. The van der Waals surface area contributed by atoms with Crippen molar-refractivity contribution in [2.24, 2.45) is 0 Å². The molecule has 100 valence electrons. The van der Waals surface area contributed by atoms with Crippen molar-refractivity contribution in [2.75, 3.05) is 5.33 Å². The second-order valence-electron chi connectivity index (χ2n) is 4.39. The van der Waals surface area contributed by atoms with Crippen molar-refractivity contribution in [3.05, 3.63) is 59.0 Å². The molecule has 0 aliphatic carbocycles. The van der Waals surface area contributed by atoms with Gasteiger partial charge in [-0.2, -0.15) is 0 Å². The number of carbonyl (C=O) groups is 1. The molecule has 0 aliphatic heterocycles. The third-order valence-electron chi connectivity index (χ3n) is 2.86. The summed E-state index contributed by atoms with van der Waals surface area (Å²) in [6.07, 6.45) is 0. The smallest absolute Gasteiger partial charge is 0.287 e. The molecule has 0 saturated heterocycles. The Morgan fingerprint density at radius 2 is 2.00 bits per heavy atom. The number of alkyl halides is 1. The fourth-order valence-corrected chi connectivity index (χ4v) is 2.35. The van der Waals surface area contributed by atoms with Gasteiger partial charge in [0.2, 0.25) is 0 Å². The predicted octanol–water partition coefficient (Wildman–Crippen LogP) is 3.97. The van der Waals surface area contributed by atoms with Crippen molar-refractivity contribution in [1.29, 1.82) is 0 Å². The molecule has 0 radical (unpaired) electrons. The van der Waals surface area contributed by atoms with Gasteiger partial charge in [-0.05, 0) is 36.2 Å². The van der Waals surface area contributed by atoms with E-state index in [1.54, 1.807) is 12.1 Å². The zero-order chi connectivity index (χ0) is 13.9. The number of amides is 1. The molecular formula is C14H13BrClNO2. The predicted molar refractivity (Wildman–Crippen MR) is 78.8 cm³/mol. The fourth-order valence-electron chi connectivity index (χ4n) is 1.74. The Morgan fingerprint density at radius 1 is 1.32 bits per heavy atom. The van der Waals surface area contributed by atoms with Crippen LogP contribution in [0, 0.1) is 0 Å². The zero-order valence-corrected chi connectivity index (χ0v) is 12.7. The Labute approximate surface area is 125 Å². The normalized spacial score (nSPS) is 13.8. The summed E-state index contributed by atoms with van der Waals surface area (Å²) in [6, 6.07) is 12.8. The molecular weight excluding hydrogens is 330 g/mol. The molecule has 2 rings (SSSR count). The molecule has 19 heavy (non-hydrogen) atoms. The highest BCUT2D eigenvalue weighted by Crippen LogP contribution is 2.24. The van der Waals surface area contributed by atoms with Crippen molar-refractivity contribution < 1.29 is 9.21 Å². The van der Waals surface area contributed by atoms with Gasteiger partial charge in [0.15, 0.2) is 11.0 Å². The van der Waals surface area contributed by atoms with Gasteiger partial charge < -0.3 is 9.73 Å². The number of rotatable bonds is 4. The van der Waals surface area contributed by atoms with Crippen molar-refractivity contribution in [1.82, 2.24) is 5.32 Å². The summed E-state index contributed by atoms with van der Waals surface area (Å²) in [5.41, 5.74) is 0.496. The summed E-state index contributed by atoms with van der Waals surface area (Å²) in [7, 11) is 0. The van der Waals surface area contributed by atoms with E-state index in [0.29, 0.717) is 5.33 Å². The van der Waals surface area contributed by atoms with E-state index < -0.39 is 5.54 Å². The molecule has 1 aromatic carbocycles. The van der Waals surface area contributed by atoms with Crippen LogP contribution >= 0.6 is 27.5 Å². The minimum absolute atomic E-state index is 0.199. The molecule has 1 N–H and O–H groups in total. The van der Waals surface area contributed by atoms with E-state index in [2.05, 4.69) is 21.2 Å². The van der Waals surface area contributed by atoms with Gasteiger partial charge in [-0.1, -0.05) is 46.3 Å². The van der Waals surface area contributed by atoms with Gasteiger partial charge in [-0.25, -0.2) is 0 Å². The van der Waals surface area contributed by atoms with Crippen LogP contribution in [-0.2, 0) is 5.54 Å². The van der Waals surface area contributed by atoms with E-state index in [-0.39, 0.29) is 16.9 Å². The minimum atomic E-state index is -0.516. The standard InChI is InChI=1S/C14H13BrClNO2/c1-14(9-15,10-5-3-2-4-6-10)17-13(18)11-7-8-12(16)19-11/h2-8H,9H2,1H3,(H,17,18). The van der Waals surface area contributed by atoms with Gasteiger partial charge >= 0.3 is 0 Å². The number of furan rings is 1. The first-order chi connectivity index (χ1) is 9.05.